The van der Waals surface area contributed by atoms with Crippen LogP contribution < -0.4 is 4.90 Å². The highest BCUT2D eigenvalue weighted by Crippen LogP contribution is 2.47. The molecule has 0 fully saturated rings. The number of furan rings is 2. The van der Waals surface area contributed by atoms with Gasteiger partial charge < -0.3 is 13.7 Å². The van der Waals surface area contributed by atoms with Gasteiger partial charge in [0.25, 0.3) is 0 Å². The number of hydrogen-bond donors (Lipinski definition) is 0. The molecule has 3 heteroatoms. The van der Waals surface area contributed by atoms with Crippen LogP contribution in [0.3, 0.4) is 0 Å². The fourth-order valence-corrected chi connectivity index (χ4v) is 9.36. The summed E-state index contributed by atoms with van der Waals surface area (Å²) in [5.41, 5.74) is 17.9. The van der Waals surface area contributed by atoms with Crippen LogP contribution in [0.5, 0.6) is 0 Å². The molecule has 0 aliphatic heterocycles. The molecule has 0 atom stereocenters. The first-order chi connectivity index (χ1) is 31.2. The second kappa shape index (κ2) is 15.3. The third-order valence-electron chi connectivity index (χ3n) is 12.3. The van der Waals surface area contributed by atoms with E-state index >= 15 is 0 Å². The quantitative estimate of drug-likeness (QED) is 0.153. The summed E-state index contributed by atoms with van der Waals surface area (Å²) in [6.07, 6.45) is 0. The first-order valence-electron chi connectivity index (χ1n) is 21.4. The van der Waals surface area contributed by atoms with Crippen molar-refractivity contribution in [1.82, 2.24) is 0 Å². The third kappa shape index (κ3) is 6.38. The van der Waals surface area contributed by atoms with Gasteiger partial charge in [-0.2, -0.15) is 0 Å². The molecule has 0 unspecified atom stereocenters. The summed E-state index contributed by atoms with van der Waals surface area (Å²) < 4.78 is 13.1. The molecule has 0 aliphatic carbocycles. The Hall–Kier alpha value is -8.40. The molecule has 0 spiro atoms. The van der Waals surface area contributed by atoms with Gasteiger partial charge in [0, 0.05) is 50.1 Å². The van der Waals surface area contributed by atoms with Gasteiger partial charge in [-0.1, -0.05) is 182 Å². The predicted molar refractivity (Wildman–Crippen MR) is 263 cm³/mol. The Morgan fingerprint density at radius 2 is 0.794 bits per heavy atom. The Morgan fingerprint density at radius 1 is 0.254 bits per heavy atom. The minimum Gasteiger partial charge on any atom is -0.456 e. The fourth-order valence-electron chi connectivity index (χ4n) is 9.36. The van der Waals surface area contributed by atoms with Gasteiger partial charge in [0.05, 0.1) is 5.69 Å². The smallest absolute Gasteiger partial charge is 0.143 e. The van der Waals surface area contributed by atoms with Crippen molar-refractivity contribution in [3.63, 3.8) is 0 Å². The Kier molecular flexibility index (Phi) is 8.83. The average Bonchev–Trinajstić information content (AvgIpc) is 3.93. The van der Waals surface area contributed by atoms with Crippen LogP contribution in [0, 0.1) is 0 Å². The lowest BCUT2D eigenvalue weighted by Gasteiger charge is -2.29. The van der Waals surface area contributed by atoms with Gasteiger partial charge in [0.15, 0.2) is 0 Å². The van der Waals surface area contributed by atoms with E-state index in [4.69, 9.17) is 8.83 Å². The zero-order valence-corrected chi connectivity index (χ0v) is 34.3. The lowest BCUT2D eigenvalue weighted by atomic mass is 9.87. The van der Waals surface area contributed by atoms with Gasteiger partial charge in [-0.05, 0) is 93.0 Å². The first-order valence-corrected chi connectivity index (χ1v) is 21.4. The maximum atomic E-state index is 6.56. The van der Waals surface area contributed by atoms with Crippen LogP contribution in [0.15, 0.2) is 245 Å². The summed E-state index contributed by atoms with van der Waals surface area (Å²) in [4.78, 5) is 2.37. The minimum atomic E-state index is 0.839. The molecular weight excluding hydrogens is 767 g/mol. The molecule has 12 rings (SSSR count). The molecule has 0 saturated heterocycles. The summed E-state index contributed by atoms with van der Waals surface area (Å²) in [5, 5.41) is 4.41. The number of hydrogen-bond acceptors (Lipinski definition) is 3. The highest BCUT2D eigenvalue weighted by Gasteiger charge is 2.23. The van der Waals surface area contributed by atoms with Crippen LogP contribution in [0.2, 0.25) is 0 Å². The SMILES string of the molecule is c1ccc(-c2ccc(-c3ccccc3-c3ccccc3N(c3cccc(-c4cccc5c4oc4ccccc45)c3)c3ccc4c(c3)oc3ccccc34)c(-c3ccccc3)c2)cc1. The summed E-state index contributed by atoms with van der Waals surface area (Å²) in [7, 11) is 0. The number of para-hydroxylation sites is 4. The Labute approximate surface area is 365 Å². The highest BCUT2D eigenvalue weighted by molar-refractivity contribution is 6.10. The van der Waals surface area contributed by atoms with Crippen molar-refractivity contribution in [2.75, 3.05) is 4.90 Å². The van der Waals surface area contributed by atoms with E-state index < -0.39 is 0 Å². The van der Waals surface area contributed by atoms with Crippen LogP contribution >= 0.6 is 0 Å². The minimum absolute atomic E-state index is 0.839. The average molecular weight is 806 g/mol. The van der Waals surface area contributed by atoms with Crippen LogP contribution in [-0.4, -0.2) is 0 Å². The number of fused-ring (bicyclic) bond motifs is 6. The molecule has 296 valence electrons. The molecule has 0 amide bonds. The molecular formula is C60H39NO2. The molecule has 0 radical (unpaired) electrons. The van der Waals surface area contributed by atoms with Crippen LogP contribution in [-0.2, 0) is 0 Å². The van der Waals surface area contributed by atoms with E-state index in [1.54, 1.807) is 0 Å². The maximum Gasteiger partial charge on any atom is 0.143 e. The second-order valence-corrected chi connectivity index (χ2v) is 16.0. The Morgan fingerprint density at radius 3 is 1.59 bits per heavy atom. The van der Waals surface area contributed by atoms with Crippen molar-refractivity contribution < 1.29 is 8.83 Å². The number of rotatable bonds is 8. The van der Waals surface area contributed by atoms with Gasteiger partial charge in [-0.15, -0.1) is 0 Å². The molecule has 0 saturated carbocycles. The Bertz CT molecular complexity index is 3640. The van der Waals surface area contributed by atoms with E-state index in [9.17, 15) is 0 Å². The van der Waals surface area contributed by atoms with E-state index in [1.165, 1.54) is 27.8 Å². The molecule has 3 nitrogen and oxygen atoms in total. The van der Waals surface area contributed by atoms with Gasteiger partial charge in [-0.3, -0.25) is 0 Å². The number of benzene rings is 10. The largest absolute Gasteiger partial charge is 0.456 e. The van der Waals surface area contributed by atoms with Gasteiger partial charge in [0.2, 0.25) is 0 Å². The zero-order valence-electron chi connectivity index (χ0n) is 34.3. The summed E-state index contributed by atoms with van der Waals surface area (Å²) in [6, 6.07) is 84.2. The lowest BCUT2D eigenvalue weighted by molar-refractivity contribution is 0.669. The zero-order chi connectivity index (χ0) is 41.7. The number of anilines is 3. The molecule has 10 aromatic carbocycles. The molecule has 0 aliphatic rings. The van der Waals surface area contributed by atoms with E-state index in [0.29, 0.717) is 0 Å². The topological polar surface area (TPSA) is 29.5 Å². The first kappa shape index (κ1) is 36.5. The fraction of sp³-hybridized carbons (Fsp3) is 0. The van der Waals surface area contributed by atoms with Crippen molar-refractivity contribution in [1.29, 1.82) is 0 Å². The molecule has 0 bridgehead atoms. The molecule has 12 aromatic rings. The van der Waals surface area contributed by atoms with Gasteiger partial charge in [0.1, 0.15) is 22.3 Å². The number of nitrogens with zero attached hydrogens (tertiary/aromatic N) is 1. The van der Waals surface area contributed by atoms with E-state index in [-0.39, 0.29) is 0 Å². The lowest BCUT2D eigenvalue weighted by Crippen LogP contribution is -2.11. The van der Waals surface area contributed by atoms with Crippen LogP contribution in [0.1, 0.15) is 0 Å². The van der Waals surface area contributed by atoms with Crippen molar-refractivity contribution >= 4 is 60.9 Å². The van der Waals surface area contributed by atoms with Crippen molar-refractivity contribution in [3.8, 4) is 55.6 Å². The van der Waals surface area contributed by atoms with E-state index in [1.807, 2.05) is 24.3 Å². The summed E-state index contributed by atoms with van der Waals surface area (Å²) in [5.74, 6) is 0. The molecule has 63 heavy (non-hydrogen) atoms. The summed E-state index contributed by atoms with van der Waals surface area (Å²) in [6.45, 7) is 0. The van der Waals surface area contributed by atoms with Crippen molar-refractivity contribution in [2.24, 2.45) is 0 Å². The predicted octanol–water partition coefficient (Wildman–Crippen LogP) is 17.3. The highest BCUT2D eigenvalue weighted by atomic mass is 16.3. The second-order valence-electron chi connectivity index (χ2n) is 16.0. The van der Waals surface area contributed by atoms with Gasteiger partial charge in [-0.25, -0.2) is 0 Å². The maximum absolute atomic E-state index is 6.56. The standard InChI is InChI=1S/C60H39NO2/c1-3-17-40(18-4-1)42-33-35-49(55(38-42)41-19-5-2-6-20-41)47-23-7-8-24-48(47)50-25-9-12-30-56(50)61(45-34-36-53-51-26-10-13-31-57(51)62-59(53)39-45)44-22-15-21-43(37-44)46-28-16-29-54-52-27-11-14-32-58(52)63-60(46)54/h1-39H. The monoisotopic (exact) mass is 805 g/mol. The van der Waals surface area contributed by atoms with Crippen LogP contribution in [0.4, 0.5) is 17.1 Å². The summed E-state index contributed by atoms with van der Waals surface area (Å²) >= 11 is 0. The normalized spacial score (nSPS) is 11.5. The molecule has 0 N–H and O–H groups in total. The van der Waals surface area contributed by atoms with Crippen molar-refractivity contribution in [3.05, 3.63) is 237 Å². The van der Waals surface area contributed by atoms with Gasteiger partial charge >= 0.3 is 0 Å². The third-order valence-corrected chi connectivity index (χ3v) is 12.3. The van der Waals surface area contributed by atoms with Crippen molar-refractivity contribution in [2.45, 2.75) is 0 Å². The molecule has 2 aromatic heterocycles. The van der Waals surface area contributed by atoms with Crippen LogP contribution in [0.25, 0.3) is 99.5 Å². The van der Waals surface area contributed by atoms with E-state index in [0.717, 1.165) is 88.8 Å². The molecule has 2 heterocycles. The Balaban J connectivity index is 1.07. The van der Waals surface area contributed by atoms with E-state index in [2.05, 4.69) is 217 Å².